The summed E-state index contributed by atoms with van der Waals surface area (Å²) in [5.74, 6) is 4.14. The molecule has 1 aliphatic rings. The van der Waals surface area contributed by atoms with Gasteiger partial charge in [0, 0.05) is 13.1 Å². The lowest BCUT2D eigenvalue weighted by Crippen LogP contribution is -2.40. The quantitative estimate of drug-likeness (QED) is 0.621. The van der Waals surface area contributed by atoms with Gasteiger partial charge in [-0.15, -0.1) is 0 Å². The van der Waals surface area contributed by atoms with Crippen LogP contribution in [0.3, 0.4) is 0 Å². The first-order valence-corrected chi connectivity index (χ1v) is 9.07. The number of hydrogen-bond donors (Lipinski definition) is 2. The number of hydrogen-bond acceptors (Lipinski definition) is 3. The van der Waals surface area contributed by atoms with Gasteiger partial charge < -0.3 is 15.1 Å². The topological polar surface area (TPSA) is 62.5 Å². The summed E-state index contributed by atoms with van der Waals surface area (Å²) in [7, 11) is 0. The van der Waals surface area contributed by atoms with Gasteiger partial charge in [0.1, 0.15) is 12.3 Å². The first-order valence-electron chi connectivity index (χ1n) is 9.07. The number of rotatable bonds is 6. The van der Waals surface area contributed by atoms with Crippen molar-refractivity contribution in [3.63, 3.8) is 0 Å². The van der Waals surface area contributed by atoms with E-state index >= 15 is 0 Å². The maximum absolute atomic E-state index is 5.59. The second-order valence-electron chi connectivity index (χ2n) is 6.62. The van der Waals surface area contributed by atoms with Crippen LogP contribution < -0.4 is 10.6 Å². The highest BCUT2D eigenvalue weighted by molar-refractivity contribution is 5.79. The molecule has 0 radical (unpaired) electrons. The summed E-state index contributed by atoms with van der Waals surface area (Å²) < 4.78 is 5.59. The number of oxazole rings is 1. The van der Waals surface area contributed by atoms with E-state index in [4.69, 9.17) is 4.42 Å². The van der Waals surface area contributed by atoms with Gasteiger partial charge in [-0.3, -0.25) is 0 Å². The van der Waals surface area contributed by atoms with E-state index in [0.29, 0.717) is 12.4 Å². The largest absolute Gasteiger partial charge is 0.444 e. The predicted octanol–water partition coefficient (Wildman–Crippen LogP) is 3.56. The molecule has 5 heteroatoms. The molecule has 2 rings (SSSR count). The van der Waals surface area contributed by atoms with Crippen molar-refractivity contribution in [1.29, 1.82) is 0 Å². The molecule has 1 aliphatic carbocycles. The maximum atomic E-state index is 5.59. The Morgan fingerprint density at radius 2 is 1.83 bits per heavy atom. The lowest BCUT2D eigenvalue weighted by atomic mass is 9.81. The smallest absolute Gasteiger partial charge is 0.216 e. The average Bonchev–Trinajstić information content (AvgIpc) is 2.89. The lowest BCUT2D eigenvalue weighted by molar-refractivity contribution is 0.269. The van der Waals surface area contributed by atoms with Crippen molar-refractivity contribution in [3.8, 4) is 0 Å². The number of nitrogens with one attached hydrogen (secondary N) is 2. The molecule has 130 valence electrons. The van der Waals surface area contributed by atoms with E-state index in [9.17, 15) is 0 Å². The van der Waals surface area contributed by atoms with Crippen molar-refractivity contribution in [2.75, 3.05) is 13.1 Å². The van der Waals surface area contributed by atoms with Gasteiger partial charge in [-0.05, 0) is 45.4 Å². The monoisotopic (exact) mass is 320 g/mol. The van der Waals surface area contributed by atoms with Gasteiger partial charge in [0.2, 0.25) is 5.89 Å². The molecule has 0 amide bonds. The van der Waals surface area contributed by atoms with E-state index in [2.05, 4.69) is 34.5 Å². The normalized spacial score (nSPS) is 22.2. The van der Waals surface area contributed by atoms with Crippen LogP contribution in [0, 0.1) is 25.7 Å². The Kier molecular flexibility index (Phi) is 6.93. The summed E-state index contributed by atoms with van der Waals surface area (Å²) in [6.45, 7) is 10.6. The standard InChI is InChI=1S/C18H32N4O/c1-5-15-7-9-16(10-8-15)11-20-18(19-6-2)21-12-17-22-13(3)14(4)23-17/h15-16H,5-12H2,1-4H3,(H2,19,20,21). The van der Waals surface area contributed by atoms with E-state index in [-0.39, 0.29) is 0 Å². The number of aromatic nitrogens is 1. The fourth-order valence-electron chi connectivity index (χ4n) is 3.18. The second-order valence-corrected chi connectivity index (χ2v) is 6.62. The van der Waals surface area contributed by atoms with E-state index < -0.39 is 0 Å². The van der Waals surface area contributed by atoms with E-state index in [1.165, 1.54) is 32.1 Å². The lowest BCUT2D eigenvalue weighted by Gasteiger charge is -2.28. The van der Waals surface area contributed by atoms with Crippen molar-refractivity contribution < 1.29 is 4.42 Å². The Hall–Kier alpha value is -1.52. The molecule has 0 saturated heterocycles. The van der Waals surface area contributed by atoms with Crippen LogP contribution in [-0.4, -0.2) is 24.0 Å². The Labute approximate surface area is 140 Å². The van der Waals surface area contributed by atoms with Crippen LogP contribution >= 0.6 is 0 Å². The molecule has 0 spiro atoms. The molecule has 0 bridgehead atoms. The second kappa shape index (κ2) is 8.94. The molecule has 1 saturated carbocycles. The van der Waals surface area contributed by atoms with Crippen LogP contribution in [0.5, 0.6) is 0 Å². The zero-order chi connectivity index (χ0) is 16.7. The molecule has 23 heavy (non-hydrogen) atoms. The Morgan fingerprint density at radius 1 is 1.13 bits per heavy atom. The van der Waals surface area contributed by atoms with Gasteiger partial charge in [-0.1, -0.05) is 26.2 Å². The molecule has 1 aromatic heterocycles. The number of aliphatic imine (C=N–C) groups is 1. The van der Waals surface area contributed by atoms with Gasteiger partial charge >= 0.3 is 0 Å². The molecule has 1 aromatic rings. The van der Waals surface area contributed by atoms with Crippen molar-refractivity contribution in [2.24, 2.45) is 16.8 Å². The third-order valence-corrected chi connectivity index (χ3v) is 4.89. The first-order chi connectivity index (χ1) is 11.1. The van der Waals surface area contributed by atoms with Gasteiger partial charge in [-0.25, -0.2) is 9.98 Å². The summed E-state index contributed by atoms with van der Waals surface area (Å²) in [4.78, 5) is 8.97. The third kappa shape index (κ3) is 5.56. The highest BCUT2D eigenvalue weighted by atomic mass is 16.4. The molecule has 1 fully saturated rings. The van der Waals surface area contributed by atoms with Gasteiger partial charge in [0.15, 0.2) is 5.96 Å². The summed E-state index contributed by atoms with van der Waals surface area (Å²) in [6, 6.07) is 0. The molecular weight excluding hydrogens is 288 g/mol. The zero-order valence-corrected chi connectivity index (χ0v) is 15.1. The molecule has 0 atom stereocenters. The highest BCUT2D eigenvalue weighted by Gasteiger charge is 2.19. The summed E-state index contributed by atoms with van der Waals surface area (Å²) in [6.07, 6.45) is 6.77. The molecule has 5 nitrogen and oxygen atoms in total. The molecular formula is C18H32N4O. The van der Waals surface area contributed by atoms with Crippen molar-refractivity contribution >= 4 is 5.96 Å². The molecule has 1 heterocycles. The molecule has 0 unspecified atom stereocenters. The fraction of sp³-hybridized carbons (Fsp3) is 0.778. The molecule has 0 aromatic carbocycles. The first kappa shape index (κ1) is 17.8. The molecule has 2 N–H and O–H groups in total. The molecule has 0 aliphatic heterocycles. The third-order valence-electron chi connectivity index (χ3n) is 4.89. The van der Waals surface area contributed by atoms with Crippen LogP contribution in [0.15, 0.2) is 9.41 Å². The van der Waals surface area contributed by atoms with E-state index in [1.807, 2.05) is 13.8 Å². The Bertz CT molecular complexity index is 482. The summed E-state index contributed by atoms with van der Waals surface area (Å²) in [5.41, 5.74) is 0.945. The summed E-state index contributed by atoms with van der Waals surface area (Å²) >= 11 is 0. The minimum absolute atomic E-state index is 0.479. The van der Waals surface area contributed by atoms with Gasteiger partial charge in [-0.2, -0.15) is 0 Å². The van der Waals surface area contributed by atoms with Crippen LogP contribution in [0.25, 0.3) is 0 Å². The Morgan fingerprint density at radius 3 is 2.39 bits per heavy atom. The maximum Gasteiger partial charge on any atom is 0.216 e. The van der Waals surface area contributed by atoms with E-state index in [1.54, 1.807) is 0 Å². The number of guanidine groups is 1. The van der Waals surface area contributed by atoms with Crippen molar-refractivity contribution in [1.82, 2.24) is 15.6 Å². The van der Waals surface area contributed by atoms with Crippen molar-refractivity contribution in [3.05, 3.63) is 17.3 Å². The SMILES string of the molecule is CCNC(=NCc1nc(C)c(C)o1)NCC1CCC(CC)CC1. The minimum atomic E-state index is 0.479. The Balaban J connectivity index is 1.82. The van der Waals surface area contributed by atoms with Crippen LogP contribution in [-0.2, 0) is 6.54 Å². The van der Waals surface area contributed by atoms with Crippen LogP contribution in [0.1, 0.15) is 63.3 Å². The van der Waals surface area contributed by atoms with Crippen LogP contribution in [0.4, 0.5) is 0 Å². The summed E-state index contributed by atoms with van der Waals surface area (Å²) in [5, 5.41) is 6.79. The fourth-order valence-corrected chi connectivity index (χ4v) is 3.18. The average molecular weight is 320 g/mol. The van der Waals surface area contributed by atoms with Gasteiger partial charge in [0.05, 0.1) is 5.69 Å². The van der Waals surface area contributed by atoms with Crippen LogP contribution in [0.2, 0.25) is 0 Å². The zero-order valence-electron chi connectivity index (χ0n) is 15.1. The van der Waals surface area contributed by atoms with Gasteiger partial charge in [0.25, 0.3) is 0 Å². The van der Waals surface area contributed by atoms with Crippen molar-refractivity contribution in [2.45, 2.75) is 66.3 Å². The van der Waals surface area contributed by atoms with E-state index in [0.717, 1.165) is 42.3 Å². The highest BCUT2D eigenvalue weighted by Crippen LogP contribution is 2.30. The number of nitrogens with zero attached hydrogens (tertiary/aromatic N) is 2. The number of aryl methyl sites for hydroxylation is 2. The predicted molar refractivity (Wildman–Crippen MR) is 94.5 cm³/mol. The minimum Gasteiger partial charge on any atom is -0.444 e.